The molecule has 1 aliphatic rings. The van der Waals surface area contributed by atoms with Crippen LogP contribution in [0.3, 0.4) is 0 Å². The molecule has 1 rings (SSSR count). The van der Waals surface area contributed by atoms with E-state index in [1.54, 1.807) is 0 Å². The fraction of sp³-hybridized carbons (Fsp3) is 1.00. The van der Waals surface area contributed by atoms with Gasteiger partial charge in [-0.15, -0.1) is 0 Å². The number of hydrogen-bond acceptors (Lipinski definition) is 3. The van der Waals surface area contributed by atoms with Crippen molar-refractivity contribution in [3.63, 3.8) is 0 Å². The summed E-state index contributed by atoms with van der Waals surface area (Å²) in [5.74, 6) is 0. The Morgan fingerprint density at radius 3 is 2.18 bits per heavy atom. The van der Waals surface area contributed by atoms with Gasteiger partial charge in [0.1, 0.15) is 0 Å². The molecule has 0 spiro atoms. The molecule has 17 heavy (non-hydrogen) atoms. The molecule has 2 N–H and O–H groups in total. The van der Waals surface area contributed by atoms with Gasteiger partial charge < -0.3 is 15.2 Å². The zero-order valence-electron chi connectivity index (χ0n) is 12.0. The number of nitrogens with one attached hydrogen (secondary N) is 1. The number of aliphatic hydroxyl groups is 1. The van der Waals surface area contributed by atoms with Crippen LogP contribution in [0.2, 0.25) is 0 Å². The standard InChI is InChI=1S/C14H29NO2/c1-10-8-12(9-11(2)17-10)15-13(6-7-16)14(3,4)5/h10-13,15-16H,6-9H2,1-5H3. The lowest BCUT2D eigenvalue weighted by molar-refractivity contribution is -0.0460. The van der Waals surface area contributed by atoms with E-state index in [0.717, 1.165) is 19.3 Å². The molecule has 1 aliphatic heterocycles. The molecule has 0 amide bonds. The van der Waals surface area contributed by atoms with E-state index < -0.39 is 0 Å². The van der Waals surface area contributed by atoms with Crippen LogP contribution in [0.15, 0.2) is 0 Å². The van der Waals surface area contributed by atoms with E-state index in [2.05, 4.69) is 39.9 Å². The Morgan fingerprint density at radius 1 is 1.24 bits per heavy atom. The molecule has 0 saturated carbocycles. The number of ether oxygens (including phenoxy) is 1. The van der Waals surface area contributed by atoms with Crippen LogP contribution in [0.4, 0.5) is 0 Å². The molecule has 102 valence electrons. The van der Waals surface area contributed by atoms with Gasteiger partial charge in [0.05, 0.1) is 12.2 Å². The van der Waals surface area contributed by atoms with Gasteiger partial charge in [0.25, 0.3) is 0 Å². The lowest BCUT2D eigenvalue weighted by Crippen LogP contribution is -2.50. The van der Waals surface area contributed by atoms with E-state index in [4.69, 9.17) is 9.84 Å². The summed E-state index contributed by atoms with van der Waals surface area (Å²) in [4.78, 5) is 0. The maximum atomic E-state index is 9.17. The zero-order chi connectivity index (χ0) is 13.1. The van der Waals surface area contributed by atoms with Crippen LogP contribution in [-0.2, 0) is 4.74 Å². The third-order valence-electron chi connectivity index (χ3n) is 3.60. The van der Waals surface area contributed by atoms with Crippen molar-refractivity contribution in [3.8, 4) is 0 Å². The molecule has 1 heterocycles. The highest BCUT2D eigenvalue weighted by molar-refractivity contribution is 4.87. The predicted molar refractivity (Wildman–Crippen MR) is 71.1 cm³/mol. The first-order valence-electron chi connectivity index (χ1n) is 6.85. The fourth-order valence-corrected chi connectivity index (χ4v) is 2.72. The second-order valence-corrected chi connectivity index (χ2v) is 6.52. The molecule has 0 aromatic heterocycles. The first-order valence-corrected chi connectivity index (χ1v) is 6.85. The minimum absolute atomic E-state index is 0.188. The van der Waals surface area contributed by atoms with Crippen LogP contribution in [0.25, 0.3) is 0 Å². The van der Waals surface area contributed by atoms with Gasteiger partial charge in [0, 0.05) is 18.7 Å². The van der Waals surface area contributed by atoms with Crippen LogP contribution >= 0.6 is 0 Å². The van der Waals surface area contributed by atoms with Gasteiger partial charge >= 0.3 is 0 Å². The highest BCUT2D eigenvalue weighted by atomic mass is 16.5. The van der Waals surface area contributed by atoms with Crippen molar-refractivity contribution in [2.45, 2.75) is 78.2 Å². The Morgan fingerprint density at radius 2 is 1.76 bits per heavy atom. The first kappa shape index (κ1) is 14.9. The Balaban J connectivity index is 2.54. The van der Waals surface area contributed by atoms with Gasteiger partial charge in [0.15, 0.2) is 0 Å². The third-order valence-corrected chi connectivity index (χ3v) is 3.60. The van der Waals surface area contributed by atoms with Crippen LogP contribution < -0.4 is 5.32 Å². The maximum Gasteiger partial charge on any atom is 0.0565 e. The second-order valence-electron chi connectivity index (χ2n) is 6.52. The lowest BCUT2D eigenvalue weighted by atomic mass is 9.83. The third kappa shape index (κ3) is 4.94. The van der Waals surface area contributed by atoms with Gasteiger partial charge in [-0.2, -0.15) is 0 Å². The molecule has 0 bridgehead atoms. The molecule has 1 fully saturated rings. The van der Waals surface area contributed by atoms with Crippen molar-refractivity contribution in [3.05, 3.63) is 0 Å². The summed E-state index contributed by atoms with van der Waals surface area (Å²) < 4.78 is 5.75. The van der Waals surface area contributed by atoms with Gasteiger partial charge in [-0.3, -0.25) is 0 Å². The Labute approximate surface area is 106 Å². The topological polar surface area (TPSA) is 41.5 Å². The van der Waals surface area contributed by atoms with E-state index in [9.17, 15) is 0 Å². The van der Waals surface area contributed by atoms with Gasteiger partial charge in [0.2, 0.25) is 0 Å². The van der Waals surface area contributed by atoms with Crippen LogP contribution in [-0.4, -0.2) is 36.0 Å². The van der Waals surface area contributed by atoms with E-state index >= 15 is 0 Å². The van der Waals surface area contributed by atoms with E-state index in [1.165, 1.54) is 0 Å². The molecule has 3 heteroatoms. The smallest absolute Gasteiger partial charge is 0.0565 e. The minimum atomic E-state index is 0.188. The second kappa shape index (κ2) is 6.17. The maximum absolute atomic E-state index is 9.17. The van der Waals surface area contributed by atoms with Gasteiger partial charge in [-0.25, -0.2) is 0 Å². The molecule has 0 radical (unpaired) electrons. The highest BCUT2D eigenvalue weighted by Crippen LogP contribution is 2.25. The van der Waals surface area contributed by atoms with Crippen molar-refractivity contribution in [1.82, 2.24) is 5.32 Å². The number of rotatable bonds is 4. The lowest BCUT2D eigenvalue weighted by Gasteiger charge is -2.39. The molecule has 3 unspecified atom stereocenters. The molecule has 0 aromatic rings. The molecule has 0 aromatic carbocycles. The molecule has 0 aliphatic carbocycles. The summed E-state index contributed by atoms with van der Waals surface area (Å²) >= 11 is 0. The van der Waals surface area contributed by atoms with Gasteiger partial charge in [-0.05, 0) is 38.5 Å². The number of aliphatic hydroxyl groups excluding tert-OH is 1. The highest BCUT2D eigenvalue weighted by Gasteiger charge is 2.30. The average molecular weight is 243 g/mol. The Kier molecular flexibility index (Phi) is 5.42. The number of hydrogen-bond donors (Lipinski definition) is 2. The monoisotopic (exact) mass is 243 g/mol. The quantitative estimate of drug-likeness (QED) is 0.796. The van der Waals surface area contributed by atoms with Gasteiger partial charge in [-0.1, -0.05) is 20.8 Å². The summed E-state index contributed by atoms with van der Waals surface area (Å²) in [6.07, 6.45) is 3.64. The van der Waals surface area contributed by atoms with Crippen molar-refractivity contribution >= 4 is 0 Å². The predicted octanol–water partition coefficient (Wildman–Crippen LogP) is 2.33. The fourth-order valence-electron chi connectivity index (χ4n) is 2.72. The SMILES string of the molecule is CC1CC(NC(CCO)C(C)(C)C)CC(C)O1. The first-order chi connectivity index (χ1) is 7.82. The largest absolute Gasteiger partial charge is 0.396 e. The summed E-state index contributed by atoms with van der Waals surface area (Å²) in [7, 11) is 0. The summed E-state index contributed by atoms with van der Waals surface area (Å²) in [6, 6.07) is 0.888. The summed E-state index contributed by atoms with van der Waals surface area (Å²) in [5.41, 5.74) is 0.188. The molecular weight excluding hydrogens is 214 g/mol. The van der Waals surface area contributed by atoms with Crippen LogP contribution in [0.1, 0.15) is 53.9 Å². The van der Waals surface area contributed by atoms with E-state index in [0.29, 0.717) is 24.3 Å². The van der Waals surface area contributed by atoms with Crippen molar-refractivity contribution in [2.24, 2.45) is 5.41 Å². The van der Waals surface area contributed by atoms with Crippen molar-refractivity contribution in [1.29, 1.82) is 0 Å². The molecule has 3 nitrogen and oxygen atoms in total. The minimum Gasteiger partial charge on any atom is -0.396 e. The normalized spacial score (nSPS) is 32.5. The molecule has 1 saturated heterocycles. The van der Waals surface area contributed by atoms with Crippen molar-refractivity contribution < 1.29 is 9.84 Å². The summed E-state index contributed by atoms with van der Waals surface area (Å²) in [5, 5.41) is 12.9. The average Bonchev–Trinajstić information content (AvgIpc) is 2.13. The molecule has 3 atom stereocenters. The molecular formula is C14H29NO2. The van der Waals surface area contributed by atoms with Crippen LogP contribution in [0, 0.1) is 5.41 Å². The van der Waals surface area contributed by atoms with Crippen LogP contribution in [0.5, 0.6) is 0 Å². The van der Waals surface area contributed by atoms with E-state index in [1.807, 2.05) is 0 Å². The zero-order valence-corrected chi connectivity index (χ0v) is 12.0. The Bertz CT molecular complexity index is 215. The van der Waals surface area contributed by atoms with Crippen molar-refractivity contribution in [2.75, 3.05) is 6.61 Å². The van der Waals surface area contributed by atoms with E-state index in [-0.39, 0.29) is 12.0 Å². The summed E-state index contributed by atoms with van der Waals surface area (Å²) in [6.45, 7) is 11.2. The Hall–Kier alpha value is -0.120.